The van der Waals surface area contributed by atoms with Gasteiger partial charge < -0.3 is 10.5 Å². The molecule has 0 aromatic heterocycles. The van der Waals surface area contributed by atoms with Crippen molar-refractivity contribution in [1.82, 2.24) is 4.72 Å². The highest BCUT2D eigenvalue weighted by Gasteiger charge is 2.34. The van der Waals surface area contributed by atoms with E-state index < -0.39 is 10.0 Å². The molecule has 1 aliphatic heterocycles. The fraction of sp³-hybridized carbons (Fsp3) is 1.00. The molecule has 1 saturated heterocycles. The molecule has 2 aliphatic rings. The van der Waals surface area contributed by atoms with Crippen molar-refractivity contribution in [2.45, 2.75) is 31.2 Å². The van der Waals surface area contributed by atoms with Crippen molar-refractivity contribution >= 4 is 22.4 Å². The monoisotopic (exact) mass is 284 g/mol. The van der Waals surface area contributed by atoms with Gasteiger partial charge in [0, 0.05) is 18.7 Å². The van der Waals surface area contributed by atoms with Crippen molar-refractivity contribution in [2.24, 2.45) is 11.7 Å². The van der Waals surface area contributed by atoms with E-state index in [4.69, 9.17) is 10.5 Å². The van der Waals surface area contributed by atoms with Crippen LogP contribution in [0.2, 0.25) is 0 Å². The summed E-state index contributed by atoms with van der Waals surface area (Å²) in [6, 6.07) is 0. The zero-order valence-corrected chi connectivity index (χ0v) is 11.5. The molecule has 1 unspecified atom stereocenters. The van der Waals surface area contributed by atoms with Crippen LogP contribution in [0.25, 0.3) is 0 Å². The average Bonchev–Trinajstić information content (AvgIpc) is 2.63. The van der Waals surface area contributed by atoms with Crippen LogP contribution in [0.15, 0.2) is 0 Å². The third kappa shape index (κ3) is 4.37. The van der Waals surface area contributed by atoms with Gasteiger partial charge in [0.05, 0.1) is 12.4 Å². The summed E-state index contributed by atoms with van der Waals surface area (Å²) in [5.41, 5.74) is 5.67. The average molecular weight is 285 g/mol. The number of ether oxygens (including phenoxy) is 1. The summed E-state index contributed by atoms with van der Waals surface area (Å²) in [6.45, 7) is 1.62. The molecule has 0 aromatic carbocycles. The van der Waals surface area contributed by atoms with Crippen molar-refractivity contribution in [3.8, 4) is 0 Å². The Morgan fingerprint density at radius 1 is 1.41 bits per heavy atom. The van der Waals surface area contributed by atoms with Gasteiger partial charge in [0.25, 0.3) is 0 Å². The maximum Gasteiger partial charge on any atom is 0.212 e. The van der Waals surface area contributed by atoms with E-state index in [1.165, 1.54) is 0 Å². The molecule has 17 heavy (non-hydrogen) atoms. The molecule has 1 atom stereocenters. The third-order valence-electron chi connectivity index (χ3n) is 3.47. The lowest BCUT2D eigenvalue weighted by Gasteiger charge is -2.38. The highest BCUT2D eigenvalue weighted by Crippen LogP contribution is 2.28. The molecule has 0 aromatic rings. The topological polar surface area (TPSA) is 81.4 Å². The molecule has 1 saturated carbocycles. The van der Waals surface area contributed by atoms with E-state index in [1.807, 2.05) is 0 Å². The highest BCUT2D eigenvalue weighted by atomic mass is 35.5. The Morgan fingerprint density at radius 2 is 2.12 bits per heavy atom. The van der Waals surface area contributed by atoms with Gasteiger partial charge in [-0.15, -0.1) is 12.4 Å². The second kappa shape index (κ2) is 5.84. The summed E-state index contributed by atoms with van der Waals surface area (Å²) in [4.78, 5) is 0. The molecule has 1 aliphatic carbocycles. The van der Waals surface area contributed by atoms with Gasteiger partial charge in [-0.25, -0.2) is 13.1 Å². The van der Waals surface area contributed by atoms with E-state index in [9.17, 15) is 8.42 Å². The second-order valence-corrected chi connectivity index (χ2v) is 6.90. The minimum atomic E-state index is -3.18. The fourth-order valence-corrected chi connectivity index (χ4v) is 3.65. The summed E-state index contributed by atoms with van der Waals surface area (Å²) in [6.07, 6.45) is 3.79. The first kappa shape index (κ1) is 15.2. The Bertz CT molecular complexity index is 337. The van der Waals surface area contributed by atoms with Crippen LogP contribution in [0.5, 0.6) is 0 Å². The number of hydrogen-bond acceptors (Lipinski definition) is 4. The molecule has 102 valence electrons. The van der Waals surface area contributed by atoms with Gasteiger partial charge in [0.15, 0.2) is 0 Å². The quantitative estimate of drug-likeness (QED) is 0.758. The van der Waals surface area contributed by atoms with Gasteiger partial charge in [-0.2, -0.15) is 0 Å². The van der Waals surface area contributed by atoms with E-state index in [0.717, 1.165) is 25.7 Å². The Kier molecular flexibility index (Phi) is 5.21. The van der Waals surface area contributed by atoms with Gasteiger partial charge >= 0.3 is 0 Å². The van der Waals surface area contributed by atoms with Crippen LogP contribution >= 0.6 is 12.4 Å². The smallest absolute Gasteiger partial charge is 0.212 e. The molecule has 2 rings (SSSR count). The predicted molar refractivity (Wildman–Crippen MR) is 68.7 cm³/mol. The lowest BCUT2D eigenvalue weighted by molar-refractivity contribution is 0.188. The molecule has 0 bridgehead atoms. The maximum absolute atomic E-state index is 11.8. The van der Waals surface area contributed by atoms with Crippen molar-refractivity contribution in [3.63, 3.8) is 0 Å². The first-order chi connectivity index (χ1) is 7.49. The molecule has 2 fully saturated rings. The van der Waals surface area contributed by atoms with E-state index in [0.29, 0.717) is 19.8 Å². The van der Waals surface area contributed by atoms with Gasteiger partial charge in [-0.3, -0.25) is 0 Å². The molecular formula is C10H21ClN2O3S. The molecule has 5 nitrogen and oxygen atoms in total. The fourth-order valence-electron chi connectivity index (χ4n) is 2.15. The Balaban J connectivity index is 0.00000144. The second-order valence-electron chi connectivity index (χ2n) is 5.05. The Hall–Kier alpha value is 0.120. The van der Waals surface area contributed by atoms with E-state index in [2.05, 4.69) is 4.72 Å². The zero-order valence-electron chi connectivity index (χ0n) is 9.85. The molecular weight excluding hydrogens is 264 g/mol. The van der Waals surface area contributed by atoms with Gasteiger partial charge in [-0.05, 0) is 31.6 Å². The van der Waals surface area contributed by atoms with Gasteiger partial charge in [0.2, 0.25) is 10.0 Å². The molecule has 0 radical (unpaired) electrons. The first-order valence-electron chi connectivity index (χ1n) is 5.83. The normalized spacial score (nSPS) is 27.2. The highest BCUT2D eigenvalue weighted by molar-refractivity contribution is 7.89. The number of rotatable bonds is 5. The largest absolute Gasteiger partial charge is 0.381 e. The standard InChI is InChI=1S/C10H20N2O3S.ClH/c11-10(3-1-4-10)8-12-16(13,14)7-9-2-5-15-6-9;/h9,12H,1-8,11H2;1H. The maximum atomic E-state index is 11.8. The Labute approximate surface area is 109 Å². The van der Waals surface area contributed by atoms with E-state index >= 15 is 0 Å². The summed E-state index contributed by atoms with van der Waals surface area (Å²) < 4.78 is 31.3. The molecule has 1 heterocycles. The SMILES string of the molecule is Cl.NC1(CNS(=O)(=O)CC2CCOC2)CCC1. The van der Waals surface area contributed by atoms with Crippen LogP contribution in [0.1, 0.15) is 25.7 Å². The molecule has 7 heteroatoms. The van der Waals surface area contributed by atoms with Crippen molar-refractivity contribution in [1.29, 1.82) is 0 Å². The van der Waals surface area contributed by atoms with Crippen LogP contribution in [-0.4, -0.2) is 39.5 Å². The number of sulfonamides is 1. The number of nitrogens with two attached hydrogens (primary N) is 1. The first-order valence-corrected chi connectivity index (χ1v) is 7.48. The number of nitrogens with one attached hydrogen (secondary N) is 1. The summed E-state index contributed by atoms with van der Waals surface area (Å²) >= 11 is 0. The van der Waals surface area contributed by atoms with Crippen LogP contribution < -0.4 is 10.5 Å². The predicted octanol–water partition coefficient (Wildman–Crippen LogP) is 0.245. The van der Waals surface area contributed by atoms with Crippen LogP contribution in [-0.2, 0) is 14.8 Å². The molecule has 3 N–H and O–H groups in total. The van der Waals surface area contributed by atoms with Gasteiger partial charge in [0.1, 0.15) is 0 Å². The molecule has 0 amide bonds. The minimum absolute atomic E-state index is 0. The summed E-state index contributed by atoms with van der Waals surface area (Å²) in [7, 11) is -3.18. The van der Waals surface area contributed by atoms with Crippen molar-refractivity contribution in [2.75, 3.05) is 25.5 Å². The van der Waals surface area contributed by atoms with Crippen LogP contribution in [0.3, 0.4) is 0 Å². The zero-order chi connectivity index (χ0) is 11.6. The van der Waals surface area contributed by atoms with Crippen LogP contribution in [0.4, 0.5) is 0 Å². The summed E-state index contributed by atoms with van der Waals surface area (Å²) in [5, 5.41) is 0. The van der Waals surface area contributed by atoms with Crippen molar-refractivity contribution < 1.29 is 13.2 Å². The van der Waals surface area contributed by atoms with Crippen LogP contribution in [0, 0.1) is 5.92 Å². The van der Waals surface area contributed by atoms with Gasteiger partial charge in [-0.1, -0.05) is 0 Å². The number of hydrogen-bond donors (Lipinski definition) is 2. The summed E-state index contributed by atoms with van der Waals surface area (Å²) in [5.74, 6) is 0.316. The lowest BCUT2D eigenvalue weighted by atomic mass is 9.78. The minimum Gasteiger partial charge on any atom is -0.381 e. The molecule has 0 spiro atoms. The third-order valence-corrected chi connectivity index (χ3v) is 4.97. The lowest BCUT2D eigenvalue weighted by Crippen LogP contribution is -2.55. The van der Waals surface area contributed by atoms with E-state index in [1.54, 1.807) is 0 Å². The van der Waals surface area contributed by atoms with Crippen molar-refractivity contribution in [3.05, 3.63) is 0 Å². The number of halogens is 1. The Morgan fingerprint density at radius 3 is 2.59 bits per heavy atom. The van der Waals surface area contributed by atoms with E-state index in [-0.39, 0.29) is 29.6 Å².